The van der Waals surface area contributed by atoms with E-state index in [4.69, 9.17) is 8.83 Å². The molecule has 0 radical (unpaired) electrons. The van der Waals surface area contributed by atoms with Crippen molar-refractivity contribution in [2.24, 2.45) is 0 Å². The fourth-order valence-corrected chi connectivity index (χ4v) is 2.85. The average molecular weight is 320 g/mol. The molecule has 2 aromatic heterocycles. The van der Waals surface area contributed by atoms with Crippen LogP contribution >= 0.6 is 0 Å². The fourth-order valence-electron chi connectivity index (χ4n) is 2.85. The summed E-state index contributed by atoms with van der Waals surface area (Å²) in [4.78, 5) is 24.9. The number of hydrogen-bond donors (Lipinski definition) is 1. The van der Waals surface area contributed by atoms with E-state index < -0.39 is 5.78 Å². The fraction of sp³-hybridized carbons (Fsp3) is 0.0526. The molecule has 2 aromatic carbocycles. The summed E-state index contributed by atoms with van der Waals surface area (Å²) in [6, 6.07) is 11.8. The van der Waals surface area contributed by atoms with Crippen molar-refractivity contribution in [2.45, 2.75) is 6.42 Å². The van der Waals surface area contributed by atoms with Crippen LogP contribution in [0, 0.1) is 0 Å². The van der Waals surface area contributed by atoms with Crippen molar-refractivity contribution in [3.8, 4) is 5.75 Å². The molecule has 0 aliphatic heterocycles. The first-order valence-corrected chi connectivity index (χ1v) is 7.37. The van der Waals surface area contributed by atoms with Gasteiger partial charge in [0.05, 0.1) is 29.7 Å². The number of benzene rings is 2. The molecule has 0 bridgehead atoms. The summed E-state index contributed by atoms with van der Waals surface area (Å²) >= 11 is 0. The highest BCUT2D eigenvalue weighted by Crippen LogP contribution is 2.39. The summed E-state index contributed by atoms with van der Waals surface area (Å²) < 4.78 is 10.7. The second-order valence-electron chi connectivity index (χ2n) is 5.44. The lowest BCUT2D eigenvalue weighted by Gasteiger charge is -2.06. The van der Waals surface area contributed by atoms with Gasteiger partial charge in [0.2, 0.25) is 0 Å². The Bertz CT molecular complexity index is 1070. The number of rotatable bonds is 4. The van der Waals surface area contributed by atoms with Gasteiger partial charge in [-0.1, -0.05) is 30.3 Å². The van der Waals surface area contributed by atoms with E-state index in [1.165, 1.54) is 12.5 Å². The summed E-state index contributed by atoms with van der Waals surface area (Å²) in [6.07, 6.45) is 2.50. The second-order valence-corrected chi connectivity index (χ2v) is 5.44. The topological polar surface area (TPSA) is 80.7 Å². The summed E-state index contributed by atoms with van der Waals surface area (Å²) in [5.41, 5.74) is 1.13. The zero-order valence-corrected chi connectivity index (χ0v) is 12.5. The minimum Gasteiger partial charge on any atom is -0.506 e. The number of phenols is 1. The van der Waals surface area contributed by atoms with Gasteiger partial charge in [-0.2, -0.15) is 0 Å². The Hall–Kier alpha value is -3.34. The molecule has 0 fully saturated rings. The molecule has 0 saturated carbocycles. The van der Waals surface area contributed by atoms with Crippen LogP contribution in [0.1, 0.15) is 27.1 Å². The molecule has 0 saturated heterocycles. The first-order valence-electron chi connectivity index (χ1n) is 7.37. The van der Waals surface area contributed by atoms with E-state index in [1.54, 1.807) is 42.5 Å². The van der Waals surface area contributed by atoms with Gasteiger partial charge in [-0.05, 0) is 12.1 Å². The third kappa shape index (κ3) is 2.10. The number of carbonyl (C=O) groups excluding carboxylic acids is 2. The van der Waals surface area contributed by atoms with Gasteiger partial charge in [-0.25, -0.2) is 0 Å². The number of hydrogen-bond acceptors (Lipinski definition) is 5. The summed E-state index contributed by atoms with van der Waals surface area (Å²) in [5.74, 6) is -1.04. The smallest absolute Gasteiger partial charge is 0.178 e. The Kier molecular flexibility index (Phi) is 3.20. The first kappa shape index (κ1) is 14.3. The molecule has 118 valence electrons. The van der Waals surface area contributed by atoms with Gasteiger partial charge in [0.1, 0.15) is 16.9 Å². The van der Waals surface area contributed by atoms with Crippen LogP contribution in [-0.4, -0.2) is 16.7 Å². The molecule has 0 aliphatic carbocycles. The van der Waals surface area contributed by atoms with Gasteiger partial charge < -0.3 is 13.9 Å². The van der Waals surface area contributed by atoms with Gasteiger partial charge in [0.15, 0.2) is 17.1 Å². The quantitative estimate of drug-likeness (QED) is 0.447. The Labute approximate surface area is 136 Å². The minimum atomic E-state index is -0.496. The number of phenolic OH excluding ortho intramolecular Hbond substituents is 1. The molecule has 5 nitrogen and oxygen atoms in total. The number of furan rings is 2. The summed E-state index contributed by atoms with van der Waals surface area (Å²) in [5, 5.41) is 11.5. The van der Waals surface area contributed by atoms with Crippen molar-refractivity contribution < 1.29 is 23.5 Å². The molecule has 0 amide bonds. The number of Topliss-reactive ketones (excluding diaryl/α,β-unsaturated/α-hetero) is 2. The molecule has 0 unspecified atom stereocenters. The average Bonchev–Trinajstić information content (AvgIpc) is 3.24. The van der Waals surface area contributed by atoms with Crippen molar-refractivity contribution in [3.63, 3.8) is 0 Å². The van der Waals surface area contributed by atoms with Crippen LogP contribution in [0.3, 0.4) is 0 Å². The summed E-state index contributed by atoms with van der Waals surface area (Å²) in [6.45, 7) is 0. The van der Waals surface area contributed by atoms with Gasteiger partial charge in [0.25, 0.3) is 0 Å². The Morgan fingerprint density at radius 2 is 1.50 bits per heavy atom. The second kappa shape index (κ2) is 5.38. The zero-order valence-electron chi connectivity index (χ0n) is 12.5. The number of aromatic hydroxyl groups is 1. The Morgan fingerprint density at radius 3 is 2.25 bits per heavy atom. The molecule has 0 spiro atoms. The highest BCUT2D eigenvalue weighted by atomic mass is 16.3. The van der Waals surface area contributed by atoms with E-state index in [-0.39, 0.29) is 29.1 Å². The van der Waals surface area contributed by atoms with Gasteiger partial charge in [0, 0.05) is 5.56 Å². The van der Waals surface area contributed by atoms with Crippen LogP contribution in [0.15, 0.2) is 63.8 Å². The van der Waals surface area contributed by atoms with E-state index in [9.17, 15) is 14.7 Å². The van der Waals surface area contributed by atoms with Crippen molar-refractivity contribution in [1.82, 2.24) is 0 Å². The van der Waals surface area contributed by atoms with Crippen molar-refractivity contribution >= 4 is 33.5 Å². The normalized spacial score (nSPS) is 11.2. The van der Waals surface area contributed by atoms with Crippen LogP contribution < -0.4 is 0 Å². The lowest BCUT2D eigenvalue weighted by molar-refractivity contribution is 0.0893. The standard InChI is InChI=1S/C19H12O5/c20-14(11-4-2-1-3-5-11)10-15(21)16-17(22)12-6-8-23-18(12)13-7-9-24-19(13)16/h1-9,22H,10H2. The lowest BCUT2D eigenvalue weighted by atomic mass is 9.98. The van der Waals surface area contributed by atoms with E-state index in [1.807, 2.05) is 0 Å². The number of carbonyl (C=O) groups is 2. The van der Waals surface area contributed by atoms with Gasteiger partial charge >= 0.3 is 0 Å². The third-order valence-corrected chi connectivity index (χ3v) is 3.99. The first-order chi connectivity index (χ1) is 11.7. The lowest BCUT2D eigenvalue weighted by Crippen LogP contribution is -2.09. The highest BCUT2D eigenvalue weighted by Gasteiger charge is 2.25. The van der Waals surface area contributed by atoms with Crippen LogP contribution in [0.2, 0.25) is 0 Å². The molecular weight excluding hydrogens is 308 g/mol. The Morgan fingerprint density at radius 1 is 0.833 bits per heavy atom. The monoisotopic (exact) mass is 320 g/mol. The molecule has 5 heteroatoms. The predicted octanol–water partition coefficient (Wildman–Crippen LogP) is 4.34. The van der Waals surface area contributed by atoms with Crippen LogP contribution in [0.25, 0.3) is 21.9 Å². The molecule has 0 aliphatic rings. The molecule has 24 heavy (non-hydrogen) atoms. The van der Waals surface area contributed by atoms with E-state index in [0.717, 1.165) is 0 Å². The van der Waals surface area contributed by atoms with Crippen LogP contribution in [0.4, 0.5) is 0 Å². The molecule has 2 heterocycles. The highest BCUT2D eigenvalue weighted by molar-refractivity contribution is 6.22. The molecule has 0 atom stereocenters. The van der Waals surface area contributed by atoms with Crippen molar-refractivity contribution in [3.05, 3.63) is 66.1 Å². The maximum absolute atomic E-state index is 12.7. The molecule has 1 N–H and O–H groups in total. The summed E-state index contributed by atoms with van der Waals surface area (Å²) in [7, 11) is 0. The SMILES string of the molecule is O=C(CC(=O)c1c(O)c2ccoc2c2ccoc12)c1ccccc1. The molecular formula is C19H12O5. The third-order valence-electron chi connectivity index (χ3n) is 3.99. The van der Waals surface area contributed by atoms with Gasteiger partial charge in [-0.3, -0.25) is 9.59 Å². The Balaban J connectivity index is 1.80. The predicted molar refractivity (Wildman–Crippen MR) is 87.4 cm³/mol. The van der Waals surface area contributed by atoms with E-state index in [2.05, 4.69) is 0 Å². The maximum atomic E-state index is 12.7. The van der Waals surface area contributed by atoms with Crippen LogP contribution in [-0.2, 0) is 0 Å². The van der Waals surface area contributed by atoms with E-state index >= 15 is 0 Å². The number of ketones is 2. The van der Waals surface area contributed by atoms with Crippen molar-refractivity contribution in [1.29, 1.82) is 0 Å². The van der Waals surface area contributed by atoms with E-state index in [0.29, 0.717) is 21.9 Å². The van der Waals surface area contributed by atoms with Gasteiger partial charge in [-0.15, -0.1) is 0 Å². The largest absolute Gasteiger partial charge is 0.506 e. The minimum absolute atomic E-state index is 0.00758. The van der Waals surface area contributed by atoms with Crippen LogP contribution in [0.5, 0.6) is 5.75 Å². The van der Waals surface area contributed by atoms with Crippen molar-refractivity contribution in [2.75, 3.05) is 0 Å². The molecule has 4 rings (SSSR count). The molecule has 4 aromatic rings. The maximum Gasteiger partial charge on any atom is 0.178 e. The zero-order chi connectivity index (χ0) is 16.7. The number of fused-ring (bicyclic) bond motifs is 3.